The Kier molecular flexibility index (Phi) is 4.85. The van der Waals surface area contributed by atoms with E-state index >= 15 is 0 Å². The number of rotatable bonds is 5. The van der Waals surface area contributed by atoms with Gasteiger partial charge in [0.2, 0.25) is 0 Å². The molecule has 3 rings (SSSR count). The summed E-state index contributed by atoms with van der Waals surface area (Å²) >= 11 is 3.44. The summed E-state index contributed by atoms with van der Waals surface area (Å²) in [6.45, 7) is 4.77. The van der Waals surface area contributed by atoms with E-state index in [2.05, 4.69) is 26.3 Å². The molecule has 0 radical (unpaired) electrons. The molecule has 5 nitrogen and oxygen atoms in total. The number of carbonyl (C=O) groups excluding carboxylic acids is 1. The Morgan fingerprint density at radius 1 is 1.29 bits per heavy atom. The Hall–Kier alpha value is -2.34. The van der Waals surface area contributed by atoms with Crippen molar-refractivity contribution in [3.63, 3.8) is 0 Å². The van der Waals surface area contributed by atoms with E-state index in [9.17, 15) is 4.79 Å². The number of benzene rings is 1. The predicted molar refractivity (Wildman–Crippen MR) is 98.2 cm³/mol. The number of amides is 1. The Morgan fingerprint density at radius 3 is 2.83 bits per heavy atom. The molecule has 0 unspecified atom stereocenters. The lowest BCUT2D eigenvalue weighted by Gasteiger charge is -2.13. The predicted octanol–water partition coefficient (Wildman–Crippen LogP) is 4.33. The topological polar surface area (TPSA) is 51.9 Å². The molecule has 0 atom stereocenters. The Balaban J connectivity index is 1.77. The van der Waals surface area contributed by atoms with Crippen molar-refractivity contribution in [3.05, 3.63) is 70.7 Å². The van der Waals surface area contributed by atoms with Crippen LogP contribution in [0.2, 0.25) is 0 Å². The van der Waals surface area contributed by atoms with Gasteiger partial charge in [-0.25, -0.2) is 0 Å². The van der Waals surface area contributed by atoms with Crippen LogP contribution in [0.15, 0.2) is 59.5 Å². The van der Waals surface area contributed by atoms with Crippen LogP contribution in [0.4, 0.5) is 5.69 Å². The van der Waals surface area contributed by atoms with Gasteiger partial charge >= 0.3 is 0 Å². The molecule has 0 spiro atoms. The highest BCUT2D eigenvalue weighted by Crippen LogP contribution is 2.21. The van der Waals surface area contributed by atoms with Gasteiger partial charge in [-0.1, -0.05) is 12.1 Å². The van der Waals surface area contributed by atoms with Gasteiger partial charge in [0.15, 0.2) is 0 Å². The van der Waals surface area contributed by atoms with Crippen LogP contribution >= 0.6 is 15.9 Å². The van der Waals surface area contributed by atoms with E-state index in [1.54, 1.807) is 6.20 Å². The summed E-state index contributed by atoms with van der Waals surface area (Å²) < 4.78 is 4.70. The summed E-state index contributed by atoms with van der Waals surface area (Å²) in [5, 5.41) is 7.18. The number of anilines is 1. The molecule has 0 saturated carbocycles. The van der Waals surface area contributed by atoms with Gasteiger partial charge in [-0.2, -0.15) is 5.10 Å². The minimum atomic E-state index is -0.120. The highest BCUT2D eigenvalue weighted by molar-refractivity contribution is 9.10. The second-order valence-corrected chi connectivity index (χ2v) is 6.82. The van der Waals surface area contributed by atoms with Gasteiger partial charge in [-0.05, 0) is 59.6 Å². The maximum absolute atomic E-state index is 12.6. The number of nitrogens with one attached hydrogen (secondary N) is 1. The zero-order chi connectivity index (χ0) is 17.1. The molecule has 24 heavy (non-hydrogen) atoms. The zero-order valence-corrected chi connectivity index (χ0v) is 15.2. The Morgan fingerprint density at radius 2 is 2.12 bits per heavy atom. The molecular weight excluding hydrogens is 368 g/mol. The van der Waals surface area contributed by atoms with Gasteiger partial charge in [-0.15, -0.1) is 0 Å². The summed E-state index contributed by atoms with van der Waals surface area (Å²) in [4.78, 5) is 12.6. The third-order valence-corrected chi connectivity index (χ3v) is 4.13. The van der Waals surface area contributed by atoms with Gasteiger partial charge in [-0.3, -0.25) is 9.48 Å². The summed E-state index contributed by atoms with van der Waals surface area (Å²) in [6, 6.07) is 11.8. The molecule has 2 heterocycles. The van der Waals surface area contributed by atoms with E-state index in [1.807, 2.05) is 71.9 Å². The van der Waals surface area contributed by atoms with Crippen LogP contribution < -0.4 is 5.32 Å². The largest absolute Gasteiger partial charge is 0.340 e. The molecule has 0 aliphatic heterocycles. The molecule has 0 aliphatic carbocycles. The number of aromatic nitrogens is 3. The van der Waals surface area contributed by atoms with Gasteiger partial charge in [0, 0.05) is 34.8 Å². The average molecular weight is 387 g/mol. The summed E-state index contributed by atoms with van der Waals surface area (Å²) in [5.41, 5.74) is 2.49. The highest BCUT2D eigenvalue weighted by atomic mass is 79.9. The van der Waals surface area contributed by atoms with Crippen LogP contribution in [-0.2, 0) is 6.54 Å². The van der Waals surface area contributed by atoms with Crippen molar-refractivity contribution in [3.8, 4) is 0 Å². The maximum Gasteiger partial charge on any atom is 0.272 e. The number of carbonyl (C=O) groups is 1. The average Bonchev–Trinajstić information content (AvgIpc) is 3.17. The van der Waals surface area contributed by atoms with Gasteiger partial charge in [0.25, 0.3) is 5.91 Å². The third kappa shape index (κ3) is 3.76. The van der Waals surface area contributed by atoms with Gasteiger partial charge in [0.1, 0.15) is 5.69 Å². The molecular formula is C18H19BrN4O. The van der Waals surface area contributed by atoms with E-state index in [0.29, 0.717) is 12.2 Å². The fraction of sp³-hybridized carbons (Fsp3) is 0.222. The summed E-state index contributed by atoms with van der Waals surface area (Å²) in [6.07, 6.45) is 5.59. The fourth-order valence-corrected chi connectivity index (χ4v) is 3.02. The Labute approximate surface area is 149 Å². The molecule has 3 aromatic rings. The number of halogens is 1. The third-order valence-electron chi connectivity index (χ3n) is 3.69. The normalized spacial score (nSPS) is 11.0. The first kappa shape index (κ1) is 16.5. The van der Waals surface area contributed by atoms with Crippen LogP contribution in [0.1, 0.15) is 35.9 Å². The van der Waals surface area contributed by atoms with E-state index in [4.69, 9.17) is 0 Å². The molecule has 0 bridgehead atoms. The quantitative estimate of drug-likeness (QED) is 0.709. The summed E-state index contributed by atoms with van der Waals surface area (Å²) in [7, 11) is 0. The minimum absolute atomic E-state index is 0.120. The zero-order valence-electron chi connectivity index (χ0n) is 13.6. The van der Waals surface area contributed by atoms with E-state index in [0.717, 1.165) is 15.7 Å². The fourth-order valence-electron chi connectivity index (χ4n) is 2.58. The number of hydrogen-bond donors (Lipinski definition) is 1. The van der Waals surface area contributed by atoms with Crippen molar-refractivity contribution >= 4 is 27.5 Å². The number of nitrogens with zero attached hydrogens (tertiary/aromatic N) is 3. The first-order valence-electron chi connectivity index (χ1n) is 7.78. The van der Waals surface area contributed by atoms with E-state index < -0.39 is 0 Å². The molecule has 2 aromatic heterocycles. The van der Waals surface area contributed by atoms with Crippen LogP contribution in [0.5, 0.6) is 0 Å². The molecule has 0 aliphatic rings. The van der Waals surface area contributed by atoms with Crippen molar-refractivity contribution < 1.29 is 4.79 Å². The van der Waals surface area contributed by atoms with Crippen LogP contribution in [0, 0.1) is 0 Å². The monoisotopic (exact) mass is 386 g/mol. The molecule has 1 amide bonds. The summed E-state index contributed by atoms with van der Waals surface area (Å²) in [5.74, 6) is -0.120. The molecule has 124 valence electrons. The van der Waals surface area contributed by atoms with Gasteiger partial charge < -0.3 is 9.88 Å². The molecule has 0 fully saturated rings. The lowest BCUT2D eigenvalue weighted by Crippen LogP contribution is -2.17. The molecule has 1 aromatic carbocycles. The standard InChI is InChI=1S/C18H19BrN4O/c1-13(2)23-12-15(19)10-17(23)18(24)21-16-6-3-5-14(9-16)11-22-8-4-7-20-22/h3-10,12-13H,11H2,1-2H3,(H,21,24). The first-order chi connectivity index (χ1) is 11.5. The second-order valence-electron chi connectivity index (χ2n) is 5.90. The van der Waals surface area contributed by atoms with Crippen LogP contribution in [0.3, 0.4) is 0 Å². The van der Waals surface area contributed by atoms with E-state index in [-0.39, 0.29) is 11.9 Å². The minimum Gasteiger partial charge on any atom is -0.340 e. The van der Waals surface area contributed by atoms with Crippen molar-refractivity contribution in [2.24, 2.45) is 0 Å². The van der Waals surface area contributed by atoms with Gasteiger partial charge in [0.05, 0.1) is 6.54 Å². The van der Waals surface area contributed by atoms with Crippen LogP contribution in [0.25, 0.3) is 0 Å². The van der Waals surface area contributed by atoms with E-state index in [1.165, 1.54) is 0 Å². The van der Waals surface area contributed by atoms with Crippen molar-refractivity contribution in [1.29, 1.82) is 0 Å². The smallest absolute Gasteiger partial charge is 0.272 e. The molecule has 0 saturated heterocycles. The first-order valence-corrected chi connectivity index (χ1v) is 8.57. The molecule has 1 N–H and O–H groups in total. The highest BCUT2D eigenvalue weighted by Gasteiger charge is 2.15. The Bertz CT molecular complexity index is 837. The second kappa shape index (κ2) is 7.05. The van der Waals surface area contributed by atoms with Crippen LogP contribution in [-0.4, -0.2) is 20.3 Å². The van der Waals surface area contributed by atoms with Crippen molar-refractivity contribution in [2.45, 2.75) is 26.4 Å². The maximum atomic E-state index is 12.6. The van der Waals surface area contributed by atoms with Crippen molar-refractivity contribution in [2.75, 3.05) is 5.32 Å². The van der Waals surface area contributed by atoms with Crippen molar-refractivity contribution in [1.82, 2.24) is 14.3 Å². The number of hydrogen-bond acceptors (Lipinski definition) is 2. The molecule has 6 heteroatoms. The lowest BCUT2D eigenvalue weighted by atomic mass is 10.2. The SMILES string of the molecule is CC(C)n1cc(Br)cc1C(=O)Nc1cccc(Cn2cccn2)c1. The lowest BCUT2D eigenvalue weighted by molar-refractivity contribution is 0.101.